The van der Waals surface area contributed by atoms with Crippen LogP contribution in [0.1, 0.15) is 17.0 Å². The molecule has 1 atom stereocenters. The van der Waals surface area contributed by atoms with Gasteiger partial charge in [0, 0.05) is 36.7 Å². The lowest BCUT2D eigenvalue weighted by atomic mass is 10.1. The number of amides is 2. The molecule has 2 amide bonds. The lowest BCUT2D eigenvalue weighted by molar-refractivity contribution is -0.126. The molecule has 0 spiro atoms. The van der Waals surface area contributed by atoms with Crippen molar-refractivity contribution in [2.75, 3.05) is 13.6 Å². The average Bonchev–Trinajstić information content (AvgIpc) is 3.07. The minimum atomic E-state index is -0.381. The van der Waals surface area contributed by atoms with E-state index in [4.69, 9.17) is 16.1 Å². The molecule has 3 rings (SSSR count). The van der Waals surface area contributed by atoms with Crippen molar-refractivity contribution >= 4 is 23.4 Å². The number of halogens is 1. The Kier molecular flexibility index (Phi) is 3.85. The molecule has 2 heterocycles. The topological polar surface area (TPSA) is 75.4 Å². The van der Waals surface area contributed by atoms with E-state index in [2.05, 4.69) is 10.5 Å². The van der Waals surface area contributed by atoms with Crippen LogP contribution in [0, 0.1) is 0 Å². The van der Waals surface area contributed by atoms with Gasteiger partial charge in [-0.1, -0.05) is 28.9 Å². The quantitative estimate of drug-likeness (QED) is 0.938. The number of hydrogen-bond donors (Lipinski definition) is 1. The average molecular weight is 320 g/mol. The molecule has 1 aromatic heterocycles. The van der Waals surface area contributed by atoms with Crippen LogP contribution in [0.3, 0.4) is 0 Å². The normalized spacial score (nSPS) is 17.8. The molecule has 7 heteroatoms. The fraction of sp³-hybridized carbons (Fsp3) is 0.267. The van der Waals surface area contributed by atoms with E-state index in [0.29, 0.717) is 23.7 Å². The fourth-order valence-electron chi connectivity index (χ4n) is 2.38. The molecular formula is C15H14ClN3O3. The SMILES string of the molecule is CN1CC(NC(=O)c2cc(-c3cccc(Cl)c3)no2)CC1=O. The smallest absolute Gasteiger partial charge is 0.290 e. The Hall–Kier alpha value is -2.34. The number of nitrogens with one attached hydrogen (secondary N) is 1. The first-order chi connectivity index (χ1) is 10.5. The highest BCUT2D eigenvalue weighted by Crippen LogP contribution is 2.22. The maximum atomic E-state index is 12.1. The third-order valence-corrected chi connectivity index (χ3v) is 3.77. The maximum absolute atomic E-state index is 12.1. The molecule has 2 aromatic rings. The molecule has 0 saturated carbocycles. The molecule has 1 fully saturated rings. The van der Waals surface area contributed by atoms with Gasteiger partial charge in [0.2, 0.25) is 11.7 Å². The Morgan fingerprint density at radius 2 is 2.27 bits per heavy atom. The summed E-state index contributed by atoms with van der Waals surface area (Å²) in [6.07, 6.45) is 0.303. The largest absolute Gasteiger partial charge is 0.350 e. The number of carbonyl (C=O) groups excluding carboxylic acids is 2. The lowest BCUT2D eigenvalue weighted by Gasteiger charge is -2.10. The summed E-state index contributed by atoms with van der Waals surface area (Å²) in [5.74, 6) is -0.256. The second-order valence-electron chi connectivity index (χ2n) is 5.24. The molecule has 22 heavy (non-hydrogen) atoms. The van der Waals surface area contributed by atoms with Gasteiger partial charge in [-0.3, -0.25) is 9.59 Å². The molecule has 1 N–H and O–H groups in total. The van der Waals surface area contributed by atoms with Gasteiger partial charge in [-0.25, -0.2) is 0 Å². The fourth-order valence-corrected chi connectivity index (χ4v) is 2.57. The molecule has 0 radical (unpaired) electrons. The van der Waals surface area contributed by atoms with Crippen LogP contribution in [0.4, 0.5) is 0 Å². The van der Waals surface area contributed by atoms with Crippen LogP contribution in [0.2, 0.25) is 5.02 Å². The molecule has 1 saturated heterocycles. The van der Waals surface area contributed by atoms with Gasteiger partial charge < -0.3 is 14.7 Å². The second kappa shape index (κ2) is 5.81. The number of benzene rings is 1. The maximum Gasteiger partial charge on any atom is 0.290 e. The van der Waals surface area contributed by atoms with Crippen LogP contribution >= 0.6 is 11.6 Å². The van der Waals surface area contributed by atoms with E-state index < -0.39 is 0 Å². The van der Waals surface area contributed by atoms with Gasteiger partial charge in [0.25, 0.3) is 5.91 Å². The molecule has 1 aromatic carbocycles. The summed E-state index contributed by atoms with van der Waals surface area (Å²) < 4.78 is 5.08. The van der Waals surface area contributed by atoms with E-state index in [0.717, 1.165) is 5.56 Å². The van der Waals surface area contributed by atoms with Gasteiger partial charge in [0.1, 0.15) is 5.69 Å². The monoisotopic (exact) mass is 319 g/mol. The molecule has 0 bridgehead atoms. The summed E-state index contributed by atoms with van der Waals surface area (Å²) in [7, 11) is 1.71. The van der Waals surface area contributed by atoms with Crippen molar-refractivity contribution in [3.63, 3.8) is 0 Å². The summed E-state index contributed by atoms with van der Waals surface area (Å²) in [4.78, 5) is 25.2. The van der Waals surface area contributed by atoms with E-state index in [-0.39, 0.29) is 23.6 Å². The summed E-state index contributed by atoms with van der Waals surface area (Å²) in [5, 5.41) is 7.23. The minimum absolute atomic E-state index is 0.0162. The van der Waals surface area contributed by atoms with Crippen molar-refractivity contribution in [3.8, 4) is 11.3 Å². The first-order valence-corrected chi connectivity index (χ1v) is 7.18. The van der Waals surface area contributed by atoms with Gasteiger partial charge >= 0.3 is 0 Å². The zero-order chi connectivity index (χ0) is 15.7. The number of nitrogens with zero attached hydrogens (tertiary/aromatic N) is 2. The minimum Gasteiger partial charge on any atom is -0.350 e. The van der Waals surface area contributed by atoms with Crippen molar-refractivity contribution in [3.05, 3.63) is 41.1 Å². The third-order valence-electron chi connectivity index (χ3n) is 3.53. The third kappa shape index (κ3) is 2.96. The first kappa shape index (κ1) is 14.6. The number of aromatic nitrogens is 1. The van der Waals surface area contributed by atoms with Crippen LogP contribution in [0.15, 0.2) is 34.9 Å². The number of rotatable bonds is 3. The highest BCUT2D eigenvalue weighted by atomic mass is 35.5. The Morgan fingerprint density at radius 1 is 1.45 bits per heavy atom. The highest BCUT2D eigenvalue weighted by Gasteiger charge is 2.29. The van der Waals surface area contributed by atoms with Crippen molar-refractivity contribution in [1.82, 2.24) is 15.4 Å². The molecule has 6 nitrogen and oxygen atoms in total. The summed E-state index contributed by atoms with van der Waals surface area (Å²) >= 11 is 5.93. The molecule has 114 valence electrons. The molecule has 1 aliphatic rings. The Morgan fingerprint density at radius 3 is 2.95 bits per heavy atom. The first-order valence-electron chi connectivity index (χ1n) is 6.80. The van der Waals surface area contributed by atoms with Gasteiger partial charge in [-0.2, -0.15) is 0 Å². The standard InChI is InChI=1S/C15H14ClN3O3/c1-19-8-11(6-14(19)20)17-15(21)13-7-12(18-22-13)9-3-2-4-10(16)5-9/h2-5,7,11H,6,8H2,1H3,(H,17,21). The number of hydrogen-bond acceptors (Lipinski definition) is 4. The van der Waals surface area contributed by atoms with E-state index in [9.17, 15) is 9.59 Å². The zero-order valence-corrected chi connectivity index (χ0v) is 12.6. The zero-order valence-electron chi connectivity index (χ0n) is 11.9. The summed E-state index contributed by atoms with van der Waals surface area (Å²) in [6.45, 7) is 0.500. The number of carbonyl (C=O) groups is 2. The van der Waals surface area contributed by atoms with Gasteiger partial charge in [0.05, 0.1) is 6.04 Å². The highest BCUT2D eigenvalue weighted by molar-refractivity contribution is 6.30. The molecular weight excluding hydrogens is 306 g/mol. The van der Waals surface area contributed by atoms with E-state index in [1.165, 1.54) is 0 Å². The van der Waals surface area contributed by atoms with Crippen LogP contribution in [0.25, 0.3) is 11.3 Å². The van der Waals surface area contributed by atoms with Crippen molar-refractivity contribution in [2.24, 2.45) is 0 Å². The second-order valence-corrected chi connectivity index (χ2v) is 5.67. The molecule has 1 unspecified atom stereocenters. The number of likely N-dealkylation sites (tertiary alicyclic amines) is 1. The predicted molar refractivity (Wildman–Crippen MR) is 80.5 cm³/mol. The van der Waals surface area contributed by atoms with Gasteiger partial charge in [0.15, 0.2) is 0 Å². The van der Waals surface area contributed by atoms with Crippen molar-refractivity contribution in [1.29, 1.82) is 0 Å². The molecule has 0 aliphatic carbocycles. The lowest BCUT2D eigenvalue weighted by Crippen LogP contribution is -2.36. The van der Waals surface area contributed by atoms with E-state index in [1.54, 1.807) is 36.2 Å². The van der Waals surface area contributed by atoms with Gasteiger partial charge in [-0.15, -0.1) is 0 Å². The summed E-state index contributed by atoms with van der Waals surface area (Å²) in [6, 6.07) is 8.48. The molecule has 1 aliphatic heterocycles. The van der Waals surface area contributed by atoms with Crippen LogP contribution < -0.4 is 5.32 Å². The van der Waals surface area contributed by atoms with Crippen molar-refractivity contribution < 1.29 is 14.1 Å². The van der Waals surface area contributed by atoms with E-state index in [1.807, 2.05) is 6.07 Å². The van der Waals surface area contributed by atoms with Crippen LogP contribution in [0.5, 0.6) is 0 Å². The number of likely N-dealkylation sites (N-methyl/N-ethyl adjacent to an activating group) is 1. The van der Waals surface area contributed by atoms with Gasteiger partial charge in [-0.05, 0) is 12.1 Å². The van der Waals surface area contributed by atoms with Crippen LogP contribution in [-0.4, -0.2) is 41.5 Å². The van der Waals surface area contributed by atoms with E-state index >= 15 is 0 Å². The van der Waals surface area contributed by atoms with Crippen LogP contribution in [-0.2, 0) is 4.79 Å². The summed E-state index contributed by atoms with van der Waals surface area (Å²) in [5.41, 5.74) is 1.30. The van der Waals surface area contributed by atoms with Crippen molar-refractivity contribution in [2.45, 2.75) is 12.5 Å². The Labute approximate surface area is 132 Å². The predicted octanol–water partition coefficient (Wildman–Crippen LogP) is 1.96. The Balaban J connectivity index is 1.71. The Bertz CT molecular complexity index is 728.